The molecule has 1 aromatic heterocycles. The highest BCUT2D eigenvalue weighted by Crippen LogP contribution is 2.47. The Morgan fingerprint density at radius 3 is 2.59 bits per heavy atom. The van der Waals surface area contributed by atoms with Crippen molar-refractivity contribution in [2.45, 2.75) is 19.1 Å². The lowest BCUT2D eigenvalue weighted by Crippen LogP contribution is -2.40. The van der Waals surface area contributed by atoms with Crippen molar-refractivity contribution in [1.82, 2.24) is 4.98 Å². The molecule has 1 atom stereocenters. The molecule has 0 spiro atoms. The highest BCUT2D eigenvalue weighted by atomic mass is 35.5. The monoisotopic (exact) mass is 402 g/mol. The van der Waals surface area contributed by atoms with Gasteiger partial charge in [-0.05, 0) is 36.8 Å². The Kier molecular flexibility index (Phi) is 4.02. The minimum atomic E-state index is -1.80. The van der Waals surface area contributed by atoms with E-state index in [1.807, 2.05) is 55.5 Å². The number of benzene rings is 3. The summed E-state index contributed by atoms with van der Waals surface area (Å²) in [7, 11) is 0. The predicted molar refractivity (Wildman–Crippen MR) is 115 cm³/mol. The molecule has 1 amide bonds. The van der Waals surface area contributed by atoms with E-state index < -0.39 is 5.60 Å². The fraction of sp³-hybridized carbons (Fsp3) is 0.125. The number of aromatic nitrogens is 1. The van der Waals surface area contributed by atoms with Crippen LogP contribution in [0.25, 0.3) is 10.9 Å². The van der Waals surface area contributed by atoms with Crippen molar-refractivity contribution in [2.24, 2.45) is 0 Å². The van der Waals surface area contributed by atoms with E-state index in [4.69, 9.17) is 11.6 Å². The first kappa shape index (κ1) is 18.0. The van der Waals surface area contributed by atoms with Gasteiger partial charge in [0.2, 0.25) is 0 Å². The molecule has 0 bridgehead atoms. The van der Waals surface area contributed by atoms with Crippen LogP contribution in [0.3, 0.4) is 0 Å². The fourth-order valence-corrected chi connectivity index (χ4v) is 4.29. The molecule has 2 N–H and O–H groups in total. The van der Waals surface area contributed by atoms with Crippen LogP contribution in [0.1, 0.15) is 22.3 Å². The van der Waals surface area contributed by atoms with Crippen LogP contribution in [0.4, 0.5) is 5.69 Å². The SMILES string of the molecule is Cc1ccc(CN2C(=O)[C@](O)(c3c[nH]c4ccccc34)c3cc(Cl)ccc32)cc1. The summed E-state index contributed by atoms with van der Waals surface area (Å²) in [5, 5.41) is 13.1. The van der Waals surface area contributed by atoms with Crippen molar-refractivity contribution in [2.75, 3.05) is 4.90 Å². The quantitative estimate of drug-likeness (QED) is 0.511. The van der Waals surface area contributed by atoms with Crippen molar-refractivity contribution >= 4 is 34.1 Å². The number of anilines is 1. The van der Waals surface area contributed by atoms with Crippen molar-refractivity contribution in [3.63, 3.8) is 0 Å². The third kappa shape index (κ3) is 2.68. The number of nitrogens with zero attached hydrogens (tertiary/aromatic N) is 1. The van der Waals surface area contributed by atoms with Crippen LogP contribution in [-0.2, 0) is 16.9 Å². The first-order chi connectivity index (χ1) is 14.0. The molecule has 0 saturated carbocycles. The van der Waals surface area contributed by atoms with Crippen LogP contribution >= 0.6 is 11.6 Å². The third-order valence-corrected chi connectivity index (χ3v) is 5.87. The smallest absolute Gasteiger partial charge is 0.268 e. The molecule has 144 valence electrons. The molecule has 0 aliphatic carbocycles. The Bertz CT molecular complexity index is 1250. The number of aryl methyl sites for hydroxylation is 1. The fourth-order valence-electron chi connectivity index (χ4n) is 4.12. The van der Waals surface area contributed by atoms with Gasteiger partial charge in [0.1, 0.15) is 0 Å². The number of rotatable bonds is 3. The maximum Gasteiger partial charge on any atom is 0.268 e. The van der Waals surface area contributed by atoms with Gasteiger partial charge in [-0.15, -0.1) is 0 Å². The highest BCUT2D eigenvalue weighted by Gasteiger charge is 2.52. The molecule has 0 radical (unpaired) electrons. The normalized spacial score (nSPS) is 18.4. The number of carbonyl (C=O) groups excluding carboxylic acids is 1. The predicted octanol–water partition coefficient (Wildman–Crippen LogP) is 4.91. The average molecular weight is 403 g/mol. The van der Waals surface area contributed by atoms with Crippen LogP contribution in [0.2, 0.25) is 5.02 Å². The van der Waals surface area contributed by atoms with E-state index in [0.717, 1.165) is 22.0 Å². The Balaban J connectivity index is 1.68. The van der Waals surface area contributed by atoms with Crippen LogP contribution in [-0.4, -0.2) is 16.0 Å². The molecular formula is C24H19ClN2O2. The molecule has 1 aliphatic rings. The lowest BCUT2D eigenvalue weighted by Gasteiger charge is -2.23. The van der Waals surface area contributed by atoms with E-state index >= 15 is 0 Å². The Morgan fingerprint density at radius 1 is 1.03 bits per heavy atom. The summed E-state index contributed by atoms with van der Waals surface area (Å²) in [6, 6.07) is 20.9. The first-order valence-electron chi connectivity index (χ1n) is 9.45. The number of hydrogen-bond acceptors (Lipinski definition) is 2. The summed E-state index contributed by atoms with van der Waals surface area (Å²) in [5.74, 6) is -0.375. The Labute approximate surface area is 173 Å². The molecule has 0 saturated heterocycles. The van der Waals surface area contributed by atoms with E-state index in [1.54, 1.807) is 29.3 Å². The molecule has 3 aromatic carbocycles. The van der Waals surface area contributed by atoms with Crippen LogP contribution in [0.15, 0.2) is 72.9 Å². The summed E-state index contributed by atoms with van der Waals surface area (Å²) in [4.78, 5) is 18.4. The minimum absolute atomic E-state index is 0.373. The second-order valence-electron chi connectivity index (χ2n) is 7.50. The molecule has 1 aliphatic heterocycles. The van der Waals surface area contributed by atoms with E-state index in [0.29, 0.717) is 28.4 Å². The van der Waals surface area contributed by atoms with E-state index in [-0.39, 0.29) is 5.91 Å². The number of fused-ring (bicyclic) bond motifs is 2. The summed E-state index contributed by atoms with van der Waals surface area (Å²) in [6.07, 6.45) is 1.71. The van der Waals surface area contributed by atoms with Crippen molar-refractivity contribution in [3.05, 3.63) is 100 Å². The van der Waals surface area contributed by atoms with Crippen molar-refractivity contribution in [3.8, 4) is 0 Å². The number of halogens is 1. The maximum atomic E-state index is 13.6. The highest BCUT2D eigenvalue weighted by molar-refractivity contribution is 6.31. The molecule has 0 fully saturated rings. The van der Waals surface area contributed by atoms with Gasteiger partial charge in [-0.1, -0.05) is 59.6 Å². The minimum Gasteiger partial charge on any atom is -0.372 e. The zero-order valence-corrected chi connectivity index (χ0v) is 16.6. The molecule has 29 heavy (non-hydrogen) atoms. The van der Waals surface area contributed by atoms with Crippen LogP contribution in [0.5, 0.6) is 0 Å². The molecule has 5 rings (SSSR count). The summed E-state index contributed by atoms with van der Waals surface area (Å²) in [6.45, 7) is 2.40. The summed E-state index contributed by atoms with van der Waals surface area (Å²) < 4.78 is 0. The van der Waals surface area contributed by atoms with Gasteiger partial charge in [-0.25, -0.2) is 0 Å². The van der Waals surface area contributed by atoms with Gasteiger partial charge in [0.05, 0.1) is 12.2 Å². The van der Waals surface area contributed by atoms with Gasteiger partial charge in [0.25, 0.3) is 5.91 Å². The number of amides is 1. The Hall–Kier alpha value is -3.08. The lowest BCUT2D eigenvalue weighted by molar-refractivity contribution is -0.132. The summed E-state index contributed by atoms with van der Waals surface area (Å²) in [5.41, 5.74) is 2.93. The van der Waals surface area contributed by atoms with Gasteiger partial charge in [-0.3, -0.25) is 4.79 Å². The van der Waals surface area contributed by atoms with Gasteiger partial charge in [0.15, 0.2) is 5.60 Å². The number of aromatic amines is 1. The van der Waals surface area contributed by atoms with Gasteiger partial charge in [0, 0.05) is 33.2 Å². The molecule has 4 nitrogen and oxygen atoms in total. The van der Waals surface area contributed by atoms with E-state index in [9.17, 15) is 9.90 Å². The number of para-hydroxylation sites is 1. The lowest BCUT2D eigenvalue weighted by atomic mass is 9.87. The molecule has 4 aromatic rings. The maximum absolute atomic E-state index is 13.6. The zero-order valence-electron chi connectivity index (χ0n) is 15.8. The van der Waals surface area contributed by atoms with Crippen LogP contribution in [0, 0.1) is 6.92 Å². The van der Waals surface area contributed by atoms with Crippen molar-refractivity contribution in [1.29, 1.82) is 0 Å². The first-order valence-corrected chi connectivity index (χ1v) is 9.83. The molecule has 0 unspecified atom stereocenters. The standard InChI is InChI=1S/C24H19ClN2O2/c1-15-6-8-16(9-7-15)14-27-22-11-10-17(25)12-19(22)24(29,23(27)28)20-13-26-21-5-3-2-4-18(20)21/h2-13,26,29H,14H2,1H3/t24-/m1/s1. The number of nitrogens with one attached hydrogen (secondary N) is 1. The zero-order chi connectivity index (χ0) is 20.2. The van der Waals surface area contributed by atoms with E-state index in [1.165, 1.54) is 0 Å². The largest absolute Gasteiger partial charge is 0.372 e. The van der Waals surface area contributed by atoms with E-state index in [2.05, 4.69) is 4.98 Å². The average Bonchev–Trinajstić information content (AvgIpc) is 3.24. The number of hydrogen-bond donors (Lipinski definition) is 2. The molecule has 5 heteroatoms. The van der Waals surface area contributed by atoms with Gasteiger partial charge in [-0.2, -0.15) is 0 Å². The molecular weight excluding hydrogens is 384 g/mol. The number of H-pyrrole nitrogens is 1. The Morgan fingerprint density at radius 2 is 1.79 bits per heavy atom. The third-order valence-electron chi connectivity index (χ3n) is 5.63. The summed E-state index contributed by atoms with van der Waals surface area (Å²) >= 11 is 6.25. The topological polar surface area (TPSA) is 56.3 Å². The number of carbonyl (C=O) groups is 1. The second-order valence-corrected chi connectivity index (χ2v) is 7.93. The number of aliphatic hydroxyl groups is 1. The van der Waals surface area contributed by atoms with Crippen molar-refractivity contribution < 1.29 is 9.90 Å². The second kappa shape index (κ2) is 6.48. The van der Waals surface area contributed by atoms with Gasteiger partial charge >= 0.3 is 0 Å². The van der Waals surface area contributed by atoms with Crippen LogP contribution < -0.4 is 4.90 Å². The van der Waals surface area contributed by atoms with Gasteiger partial charge < -0.3 is 15.0 Å². The molecule has 2 heterocycles.